The van der Waals surface area contributed by atoms with Gasteiger partial charge in [-0.1, -0.05) is 36.4 Å². The van der Waals surface area contributed by atoms with Gasteiger partial charge in [0.25, 0.3) is 0 Å². The van der Waals surface area contributed by atoms with Crippen LogP contribution in [0.2, 0.25) is 0 Å². The summed E-state index contributed by atoms with van der Waals surface area (Å²) in [5.74, 6) is 2.20. The van der Waals surface area contributed by atoms with Crippen molar-refractivity contribution in [2.75, 3.05) is 38.8 Å². The van der Waals surface area contributed by atoms with E-state index in [0.717, 1.165) is 65.2 Å². The van der Waals surface area contributed by atoms with Gasteiger partial charge >= 0.3 is 0 Å². The van der Waals surface area contributed by atoms with Crippen LogP contribution in [0.25, 0.3) is 32.8 Å². The Kier molecular flexibility index (Phi) is 5.43. The van der Waals surface area contributed by atoms with Crippen molar-refractivity contribution >= 4 is 27.6 Å². The minimum atomic E-state index is 0.535. The van der Waals surface area contributed by atoms with Crippen LogP contribution in [-0.4, -0.2) is 43.9 Å². The molecule has 158 valence electrons. The summed E-state index contributed by atoms with van der Waals surface area (Å²) in [6.07, 6.45) is 4.28. The Labute approximate surface area is 182 Å². The molecule has 0 N–H and O–H groups in total. The molecule has 1 aliphatic heterocycles. The van der Waals surface area contributed by atoms with Crippen LogP contribution in [0.5, 0.6) is 5.75 Å². The van der Waals surface area contributed by atoms with Gasteiger partial charge in [-0.3, -0.25) is 0 Å². The number of benzene rings is 3. The number of hydrogen-bond donors (Lipinski definition) is 0. The fourth-order valence-electron chi connectivity index (χ4n) is 4.59. The van der Waals surface area contributed by atoms with Crippen molar-refractivity contribution in [2.24, 2.45) is 5.92 Å². The van der Waals surface area contributed by atoms with Gasteiger partial charge in [-0.15, -0.1) is 0 Å². The van der Waals surface area contributed by atoms with Crippen molar-refractivity contribution in [3.8, 4) is 16.9 Å². The second-order valence-corrected chi connectivity index (χ2v) is 8.25. The highest BCUT2D eigenvalue weighted by molar-refractivity contribution is 5.99. The highest BCUT2D eigenvalue weighted by Gasteiger charge is 2.22. The van der Waals surface area contributed by atoms with E-state index in [-0.39, 0.29) is 0 Å². The van der Waals surface area contributed by atoms with E-state index in [9.17, 15) is 0 Å². The lowest BCUT2D eigenvalue weighted by Gasteiger charge is -2.32. The summed E-state index contributed by atoms with van der Waals surface area (Å²) in [6.45, 7) is 2.72. The first-order valence-corrected chi connectivity index (χ1v) is 10.8. The number of piperidine rings is 1. The standard InChI is InChI=1S/C26H27N3O2/c1-30-17-18-6-5-11-29(16-18)26-27-15-21-10-9-20(13-25(21)28-26)24-14-22(31-2)12-19-7-3-4-8-23(19)24/h3-4,7-10,12-15,18H,5-6,11,16-17H2,1-2H3. The highest BCUT2D eigenvalue weighted by Crippen LogP contribution is 2.34. The Hall–Kier alpha value is -3.18. The SMILES string of the molecule is COCC1CCCN(c2ncc3ccc(-c4cc(OC)cc5ccccc45)cc3n2)C1. The van der Waals surface area contributed by atoms with E-state index < -0.39 is 0 Å². The van der Waals surface area contributed by atoms with Crippen LogP contribution in [0.1, 0.15) is 12.8 Å². The van der Waals surface area contributed by atoms with E-state index >= 15 is 0 Å². The number of rotatable bonds is 5. The maximum atomic E-state index is 5.56. The van der Waals surface area contributed by atoms with Gasteiger partial charge in [0.1, 0.15) is 5.75 Å². The molecule has 0 aliphatic carbocycles. The van der Waals surface area contributed by atoms with Crippen molar-refractivity contribution in [3.05, 3.63) is 60.8 Å². The molecule has 5 heteroatoms. The summed E-state index contributed by atoms with van der Waals surface area (Å²) in [5, 5.41) is 3.42. The third kappa shape index (κ3) is 3.93. The summed E-state index contributed by atoms with van der Waals surface area (Å²) in [5.41, 5.74) is 3.24. The smallest absolute Gasteiger partial charge is 0.225 e. The van der Waals surface area contributed by atoms with Crippen molar-refractivity contribution in [1.29, 1.82) is 0 Å². The normalized spacial score (nSPS) is 16.7. The Balaban J connectivity index is 1.55. The summed E-state index contributed by atoms with van der Waals surface area (Å²) < 4.78 is 10.9. The lowest BCUT2D eigenvalue weighted by atomic mass is 9.97. The molecule has 0 radical (unpaired) electrons. The zero-order valence-electron chi connectivity index (χ0n) is 18.0. The van der Waals surface area contributed by atoms with Gasteiger partial charge in [0.15, 0.2) is 0 Å². The molecule has 1 saturated heterocycles. The summed E-state index contributed by atoms with van der Waals surface area (Å²) in [6, 6.07) is 19.0. The van der Waals surface area contributed by atoms with Crippen molar-refractivity contribution in [3.63, 3.8) is 0 Å². The number of hydrogen-bond acceptors (Lipinski definition) is 5. The third-order valence-corrected chi connectivity index (χ3v) is 6.16. The molecular weight excluding hydrogens is 386 g/mol. The molecule has 2 heterocycles. The molecule has 4 aromatic rings. The van der Waals surface area contributed by atoms with Gasteiger partial charge in [0, 0.05) is 31.8 Å². The third-order valence-electron chi connectivity index (χ3n) is 6.16. The number of fused-ring (bicyclic) bond motifs is 2. The largest absolute Gasteiger partial charge is 0.497 e. The number of methoxy groups -OCH3 is 2. The summed E-state index contributed by atoms with van der Waals surface area (Å²) in [7, 11) is 3.48. The molecule has 31 heavy (non-hydrogen) atoms. The maximum absolute atomic E-state index is 5.56. The van der Waals surface area contributed by atoms with E-state index in [1.165, 1.54) is 11.8 Å². The molecule has 1 aliphatic rings. The van der Waals surface area contributed by atoms with E-state index in [1.807, 2.05) is 6.20 Å². The van der Waals surface area contributed by atoms with Crippen LogP contribution in [-0.2, 0) is 4.74 Å². The van der Waals surface area contributed by atoms with E-state index in [1.54, 1.807) is 14.2 Å². The first-order chi connectivity index (χ1) is 15.2. The van der Waals surface area contributed by atoms with Gasteiger partial charge < -0.3 is 14.4 Å². The average Bonchev–Trinajstić information content (AvgIpc) is 2.83. The molecule has 1 fully saturated rings. The predicted octanol–water partition coefficient (Wildman–Crippen LogP) is 5.32. The van der Waals surface area contributed by atoms with Crippen LogP contribution in [0.15, 0.2) is 60.8 Å². The topological polar surface area (TPSA) is 47.5 Å². The second kappa shape index (κ2) is 8.52. The van der Waals surface area contributed by atoms with Crippen LogP contribution in [0.3, 0.4) is 0 Å². The van der Waals surface area contributed by atoms with Crippen molar-refractivity contribution < 1.29 is 9.47 Å². The molecule has 5 nitrogen and oxygen atoms in total. The lowest BCUT2D eigenvalue weighted by molar-refractivity contribution is 0.143. The van der Waals surface area contributed by atoms with Gasteiger partial charge in [-0.05, 0) is 58.9 Å². The van der Waals surface area contributed by atoms with Crippen LogP contribution < -0.4 is 9.64 Å². The number of ether oxygens (including phenoxy) is 2. The van der Waals surface area contributed by atoms with Gasteiger partial charge in [0.2, 0.25) is 5.95 Å². The maximum Gasteiger partial charge on any atom is 0.225 e. The molecule has 0 amide bonds. The zero-order valence-corrected chi connectivity index (χ0v) is 18.0. The molecule has 5 rings (SSSR count). The van der Waals surface area contributed by atoms with Crippen molar-refractivity contribution in [1.82, 2.24) is 9.97 Å². The summed E-state index contributed by atoms with van der Waals surface area (Å²) in [4.78, 5) is 11.9. The van der Waals surface area contributed by atoms with E-state index in [2.05, 4.69) is 64.5 Å². The monoisotopic (exact) mass is 413 g/mol. The van der Waals surface area contributed by atoms with Crippen LogP contribution in [0.4, 0.5) is 5.95 Å². The molecule has 0 bridgehead atoms. The average molecular weight is 414 g/mol. The molecule has 1 unspecified atom stereocenters. The molecule has 0 spiro atoms. The Morgan fingerprint density at radius 2 is 1.94 bits per heavy atom. The zero-order chi connectivity index (χ0) is 21.2. The number of anilines is 1. The minimum Gasteiger partial charge on any atom is -0.497 e. The first-order valence-electron chi connectivity index (χ1n) is 10.8. The van der Waals surface area contributed by atoms with Crippen LogP contribution in [0, 0.1) is 5.92 Å². The second-order valence-electron chi connectivity index (χ2n) is 8.25. The van der Waals surface area contributed by atoms with E-state index in [0.29, 0.717) is 5.92 Å². The minimum absolute atomic E-state index is 0.535. The Morgan fingerprint density at radius 1 is 1.03 bits per heavy atom. The highest BCUT2D eigenvalue weighted by atomic mass is 16.5. The quantitative estimate of drug-likeness (QED) is 0.443. The lowest BCUT2D eigenvalue weighted by Crippen LogP contribution is -2.38. The first kappa shape index (κ1) is 19.8. The van der Waals surface area contributed by atoms with Crippen LogP contribution >= 0.6 is 0 Å². The van der Waals surface area contributed by atoms with Crippen molar-refractivity contribution in [2.45, 2.75) is 12.8 Å². The van der Waals surface area contributed by atoms with Gasteiger partial charge in [-0.2, -0.15) is 0 Å². The van der Waals surface area contributed by atoms with Gasteiger partial charge in [-0.25, -0.2) is 9.97 Å². The predicted molar refractivity (Wildman–Crippen MR) is 126 cm³/mol. The van der Waals surface area contributed by atoms with E-state index in [4.69, 9.17) is 14.5 Å². The fourth-order valence-corrected chi connectivity index (χ4v) is 4.59. The van der Waals surface area contributed by atoms with Gasteiger partial charge in [0.05, 0.1) is 19.2 Å². The Morgan fingerprint density at radius 3 is 2.81 bits per heavy atom. The number of nitrogens with zero attached hydrogens (tertiary/aromatic N) is 3. The molecule has 3 aromatic carbocycles. The molecule has 1 aromatic heterocycles. The number of aromatic nitrogens is 2. The Bertz CT molecular complexity index is 1220. The summed E-state index contributed by atoms with van der Waals surface area (Å²) >= 11 is 0. The molecule has 1 atom stereocenters. The molecular formula is C26H27N3O2. The molecule has 0 saturated carbocycles. The fraction of sp³-hybridized carbons (Fsp3) is 0.308.